The van der Waals surface area contributed by atoms with Crippen molar-refractivity contribution >= 4 is 35.1 Å². The molecule has 1 saturated carbocycles. The van der Waals surface area contributed by atoms with E-state index in [1.807, 2.05) is 13.8 Å². The summed E-state index contributed by atoms with van der Waals surface area (Å²) in [5.74, 6) is -0.323. The van der Waals surface area contributed by atoms with E-state index in [-0.39, 0.29) is 18.4 Å². The van der Waals surface area contributed by atoms with Gasteiger partial charge in [0.15, 0.2) is 0 Å². The number of carbonyl (C=O) groups excluding carboxylic acids is 3. The number of hydrogen-bond donors (Lipinski definition) is 2. The summed E-state index contributed by atoms with van der Waals surface area (Å²) in [6.07, 6.45) is 3.42. The van der Waals surface area contributed by atoms with Gasteiger partial charge in [0, 0.05) is 11.1 Å². The summed E-state index contributed by atoms with van der Waals surface area (Å²) in [7, 11) is 1.47. The second kappa shape index (κ2) is 7.38. The molecule has 0 radical (unpaired) electrons. The average Bonchev–Trinajstić information content (AvgIpc) is 2.85. The van der Waals surface area contributed by atoms with Crippen LogP contribution >= 0.6 is 11.6 Å². The third kappa shape index (κ3) is 3.48. The molecule has 1 aromatic rings. The number of aryl methyl sites for hydroxylation is 1. The van der Waals surface area contributed by atoms with Crippen LogP contribution in [-0.2, 0) is 9.59 Å². The molecule has 8 heteroatoms. The van der Waals surface area contributed by atoms with Crippen molar-refractivity contribution in [3.63, 3.8) is 0 Å². The van der Waals surface area contributed by atoms with Gasteiger partial charge in [-0.1, -0.05) is 31.4 Å². The molecule has 7 nitrogen and oxygen atoms in total. The quantitative estimate of drug-likeness (QED) is 0.769. The molecule has 2 fully saturated rings. The second-order valence-corrected chi connectivity index (χ2v) is 7.70. The average molecular weight is 394 g/mol. The van der Waals surface area contributed by atoms with Gasteiger partial charge in [0.05, 0.1) is 12.8 Å². The lowest BCUT2D eigenvalue weighted by Gasteiger charge is -2.36. The van der Waals surface area contributed by atoms with E-state index in [1.54, 1.807) is 12.1 Å². The van der Waals surface area contributed by atoms with Crippen molar-refractivity contribution in [1.29, 1.82) is 0 Å². The van der Waals surface area contributed by atoms with Crippen molar-refractivity contribution in [2.45, 2.75) is 45.1 Å². The summed E-state index contributed by atoms with van der Waals surface area (Å²) in [6.45, 7) is 3.44. The Morgan fingerprint density at radius 2 is 2.15 bits per heavy atom. The number of halogens is 1. The highest BCUT2D eigenvalue weighted by molar-refractivity contribution is 6.31. The number of ether oxygens (including phenoxy) is 1. The number of nitrogens with one attached hydrogen (secondary N) is 2. The van der Waals surface area contributed by atoms with Gasteiger partial charge in [-0.3, -0.25) is 14.5 Å². The summed E-state index contributed by atoms with van der Waals surface area (Å²) >= 11 is 6.07. The van der Waals surface area contributed by atoms with Gasteiger partial charge in [0.25, 0.3) is 5.91 Å². The zero-order valence-corrected chi connectivity index (χ0v) is 16.5. The summed E-state index contributed by atoms with van der Waals surface area (Å²) in [4.78, 5) is 38.8. The van der Waals surface area contributed by atoms with Gasteiger partial charge in [0.1, 0.15) is 17.8 Å². The molecule has 3 rings (SSSR count). The summed E-state index contributed by atoms with van der Waals surface area (Å²) < 4.78 is 5.24. The van der Waals surface area contributed by atoms with Crippen LogP contribution in [0.5, 0.6) is 5.75 Å². The Balaban J connectivity index is 1.74. The molecule has 1 spiro atoms. The van der Waals surface area contributed by atoms with E-state index in [0.717, 1.165) is 29.7 Å². The monoisotopic (exact) mass is 393 g/mol. The molecule has 4 amide bonds. The highest BCUT2D eigenvalue weighted by atomic mass is 35.5. The number of carbonyl (C=O) groups is 3. The number of anilines is 1. The Hall–Kier alpha value is -2.28. The van der Waals surface area contributed by atoms with E-state index in [2.05, 4.69) is 10.6 Å². The first kappa shape index (κ1) is 19.5. The fourth-order valence-corrected chi connectivity index (χ4v) is 4.06. The van der Waals surface area contributed by atoms with Gasteiger partial charge < -0.3 is 15.4 Å². The van der Waals surface area contributed by atoms with Gasteiger partial charge in [-0.25, -0.2) is 4.79 Å². The SMILES string of the molecule is COc1cc(Cl)c(C)cc1NC(=O)CN1C(=O)N[C@@]2(CCCC[C@@H]2C)C1=O. The molecule has 0 bridgehead atoms. The van der Waals surface area contributed by atoms with Gasteiger partial charge in [-0.2, -0.15) is 0 Å². The van der Waals surface area contributed by atoms with Crippen LogP contribution in [0.1, 0.15) is 38.2 Å². The molecule has 1 aliphatic carbocycles. The Morgan fingerprint density at radius 1 is 1.41 bits per heavy atom. The summed E-state index contributed by atoms with van der Waals surface area (Å²) in [5, 5.41) is 6.07. The molecule has 1 saturated heterocycles. The normalized spacial score (nSPS) is 24.9. The molecule has 1 heterocycles. The van der Waals surface area contributed by atoms with Crippen LogP contribution in [0, 0.1) is 12.8 Å². The topological polar surface area (TPSA) is 87.7 Å². The maximum absolute atomic E-state index is 12.9. The predicted molar refractivity (Wildman–Crippen MR) is 102 cm³/mol. The minimum atomic E-state index is -0.871. The lowest BCUT2D eigenvalue weighted by Crippen LogP contribution is -2.54. The molecule has 1 aromatic carbocycles. The van der Waals surface area contributed by atoms with Crippen LogP contribution in [0.3, 0.4) is 0 Å². The van der Waals surface area contributed by atoms with Crippen LogP contribution < -0.4 is 15.4 Å². The molecule has 2 atom stereocenters. The fourth-order valence-electron chi connectivity index (χ4n) is 3.90. The van der Waals surface area contributed by atoms with E-state index < -0.39 is 17.5 Å². The second-order valence-electron chi connectivity index (χ2n) is 7.29. The zero-order chi connectivity index (χ0) is 19.8. The molecule has 0 unspecified atom stereocenters. The minimum absolute atomic E-state index is 0.0507. The molecular weight excluding hydrogens is 370 g/mol. The predicted octanol–water partition coefficient (Wildman–Crippen LogP) is 3.10. The molecule has 2 N–H and O–H groups in total. The van der Waals surface area contributed by atoms with Crippen molar-refractivity contribution in [1.82, 2.24) is 10.2 Å². The standard InChI is InChI=1S/C19H24ClN3O4/c1-11-8-14(15(27-3)9-13(11)20)21-16(24)10-23-17(25)19(22-18(23)26)7-5-4-6-12(19)2/h8-9,12H,4-7,10H2,1-3H3,(H,21,24)(H,22,26)/t12-,19+/m0/s1. The lowest BCUT2D eigenvalue weighted by molar-refractivity contribution is -0.136. The molecule has 27 heavy (non-hydrogen) atoms. The first-order valence-electron chi connectivity index (χ1n) is 9.06. The summed E-state index contributed by atoms with van der Waals surface area (Å²) in [5.41, 5.74) is 0.347. The van der Waals surface area contributed by atoms with E-state index in [0.29, 0.717) is 22.9 Å². The molecular formula is C19H24ClN3O4. The Labute approximate surface area is 163 Å². The van der Waals surface area contributed by atoms with Crippen molar-refractivity contribution in [2.75, 3.05) is 19.0 Å². The maximum atomic E-state index is 12.9. The lowest BCUT2D eigenvalue weighted by atomic mass is 9.73. The fraction of sp³-hybridized carbons (Fsp3) is 0.526. The number of rotatable bonds is 4. The number of imide groups is 1. The molecule has 146 valence electrons. The number of urea groups is 1. The third-order valence-electron chi connectivity index (χ3n) is 5.56. The number of nitrogens with zero attached hydrogens (tertiary/aromatic N) is 1. The van der Waals surface area contributed by atoms with Gasteiger partial charge in [-0.15, -0.1) is 0 Å². The highest BCUT2D eigenvalue weighted by Gasteiger charge is 2.55. The van der Waals surface area contributed by atoms with Crippen LogP contribution in [-0.4, -0.2) is 41.9 Å². The van der Waals surface area contributed by atoms with Crippen LogP contribution in [0.2, 0.25) is 5.02 Å². The Morgan fingerprint density at radius 3 is 2.81 bits per heavy atom. The Bertz CT molecular complexity index is 797. The van der Waals surface area contributed by atoms with E-state index in [9.17, 15) is 14.4 Å². The highest BCUT2D eigenvalue weighted by Crippen LogP contribution is 2.38. The molecule has 2 aliphatic rings. The Kier molecular flexibility index (Phi) is 5.33. The van der Waals surface area contributed by atoms with Gasteiger partial charge >= 0.3 is 6.03 Å². The van der Waals surface area contributed by atoms with E-state index in [4.69, 9.17) is 16.3 Å². The van der Waals surface area contributed by atoms with Crippen molar-refractivity contribution in [3.8, 4) is 5.75 Å². The zero-order valence-electron chi connectivity index (χ0n) is 15.7. The maximum Gasteiger partial charge on any atom is 0.325 e. The van der Waals surface area contributed by atoms with Gasteiger partial charge in [0.2, 0.25) is 5.91 Å². The minimum Gasteiger partial charge on any atom is -0.495 e. The van der Waals surface area contributed by atoms with Crippen LogP contribution in [0.15, 0.2) is 12.1 Å². The molecule has 1 aliphatic heterocycles. The number of hydrogen-bond acceptors (Lipinski definition) is 4. The number of methoxy groups -OCH3 is 1. The van der Waals surface area contributed by atoms with Gasteiger partial charge in [-0.05, 0) is 37.3 Å². The van der Waals surface area contributed by atoms with Crippen LogP contribution in [0.25, 0.3) is 0 Å². The molecule has 0 aromatic heterocycles. The number of benzene rings is 1. The first-order valence-corrected chi connectivity index (χ1v) is 9.44. The largest absolute Gasteiger partial charge is 0.495 e. The van der Waals surface area contributed by atoms with E-state index in [1.165, 1.54) is 7.11 Å². The van der Waals surface area contributed by atoms with Crippen molar-refractivity contribution in [2.24, 2.45) is 5.92 Å². The van der Waals surface area contributed by atoms with E-state index >= 15 is 0 Å². The van der Waals surface area contributed by atoms with Crippen LogP contribution in [0.4, 0.5) is 10.5 Å². The smallest absolute Gasteiger partial charge is 0.325 e. The van der Waals surface area contributed by atoms with Crippen molar-refractivity contribution < 1.29 is 19.1 Å². The summed E-state index contributed by atoms with van der Waals surface area (Å²) in [6, 6.07) is 2.79. The third-order valence-corrected chi connectivity index (χ3v) is 5.97. The first-order chi connectivity index (χ1) is 12.8. The number of amides is 4. The van der Waals surface area contributed by atoms with Crippen molar-refractivity contribution in [3.05, 3.63) is 22.7 Å².